The van der Waals surface area contributed by atoms with Crippen LogP contribution < -0.4 is 0 Å². The van der Waals surface area contributed by atoms with Gasteiger partial charge in [-0.2, -0.15) is 0 Å². The molecule has 0 radical (unpaired) electrons. The SMILES string of the molecule is CCCCCCCC[SH+]C.F[P-](F)(F)(F)(F)F. The van der Waals surface area contributed by atoms with Crippen molar-refractivity contribution >= 4 is 19.6 Å². The van der Waals surface area contributed by atoms with E-state index in [1.165, 1.54) is 44.3 Å². The van der Waals surface area contributed by atoms with Gasteiger partial charge in [-0.15, -0.1) is 0 Å². The fraction of sp³-hybridized carbons (Fsp3) is 1.00. The second-order valence-electron chi connectivity index (χ2n) is 3.77. The Kier molecular flexibility index (Phi) is 8.19. The van der Waals surface area contributed by atoms with Crippen molar-refractivity contribution in [3.63, 3.8) is 0 Å². The van der Waals surface area contributed by atoms with Crippen LogP contribution in [0.25, 0.3) is 0 Å². The summed E-state index contributed by atoms with van der Waals surface area (Å²) in [7, 11) is -10.7. The Morgan fingerprint density at radius 1 is 0.765 bits per heavy atom. The van der Waals surface area contributed by atoms with Crippen LogP contribution in [0, 0.1) is 0 Å². The number of hydrogen-bond donors (Lipinski definition) is 0. The molecule has 17 heavy (non-hydrogen) atoms. The van der Waals surface area contributed by atoms with E-state index in [0.717, 1.165) is 0 Å². The average Bonchev–Trinajstić information content (AvgIpc) is 2.06. The second-order valence-corrected chi connectivity index (χ2v) is 6.76. The van der Waals surface area contributed by atoms with Crippen molar-refractivity contribution in [1.82, 2.24) is 0 Å². The van der Waals surface area contributed by atoms with Crippen LogP contribution in [0.5, 0.6) is 0 Å². The molecule has 0 aliphatic heterocycles. The maximum absolute atomic E-state index is 10.7. The summed E-state index contributed by atoms with van der Waals surface area (Å²) in [6.45, 7) is 2.27. The van der Waals surface area contributed by atoms with Gasteiger partial charge >= 0.3 is 33.0 Å². The first-order valence-electron chi connectivity index (χ1n) is 5.48. The molecule has 110 valence electrons. The van der Waals surface area contributed by atoms with Crippen molar-refractivity contribution in [2.24, 2.45) is 0 Å². The molecule has 0 N–H and O–H groups in total. The van der Waals surface area contributed by atoms with E-state index in [1.54, 1.807) is 11.8 Å². The van der Waals surface area contributed by atoms with Gasteiger partial charge in [0, 0.05) is 0 Å². The first-order chi connectivity index (χ1) is 7.36. The van der Waals surface area contributed by atoms with Crippen LogP contribution in [0.3, 0.4) is 0 Å². The van der Waals surface area contributed by atoms with Gasteiger partial charge < -0.3 is 0 Å². The standard InChI is InChI=1S/C9H20S.F6P/c1-3-4-5-6-7-8-9-10-2;1-7(2,3,4,5)6/h3-9H2,1-2H3;/q;-1/p+1. The second kappa shape index (κ2) is 7.07. The summed E-state index contributed by atoms with van der Waals surface area (Å²) in [4.78, 5) is 0. The third-order valence-electron chi connectivity index (χ3n) is 1.74. The molecule has 0 bridgehead atoms. The van der Waals surface area contributed by atoms with Crippen LogP contribution in [-0.4, -0.2) is 12.0 Å². The molecule has 0 rings (SSSR count). The molecule has 0 heterocycles. The topological polar surface area (TPSA) is 0 Å². The van der Waals surface area contributed by atoms with E-state index in [1.807, 2.05) is 0 Å². The Hall–Kier alpha value is 0.360. The van der Waals surface area contributed by atoms with Crippen molar-refractivity contribution in [3.05, 3.63) is 0 Å². The van der Waals surface area contributed by atoms with E-state index in [-0.39, 0.29) is 0 Å². The number of halogens is 6. The fourth-order valence-corrected chi connectivity index (χ4v) is 1.59. The molecule has 0 aliphatic carbocycles. The van der Waals surface area contributed by atoms with Gasteiger partial charge in [-0.25, -0.2) is 0 Å². The molecule has 0 saturated heterocycles. The zero-order chi connectivity index (χ0) is 14.1. The molecule has 0 saturated carbocycles. The van der Waals surface area contributed by atoms with E-state index in [0.29, 0.717) is 0 Å². The minimum atomic E-state index is -10.7. The number of thiol groups is 1. The molecule has 0 unspecified atom stereocenters. The monoisotopic (exact) mass is 306 g/mol. The number of rotatable bonds is 7. The molecule has 0 aromatic carbocycles. The van der Waals surface area contributed by atoms with Gasteiger partial charge in [0.15, 0.2) is 0 Å². The predicted molar refractivity (Wildman–Crippen MR) is 66.5 cm³/mol. The van der Waals surface area contributed by atoms with Crippen LogP contribution in [0.4, 0.5) is 25.2 Å². The third-order valence-corrected chi connectivity index (χ3v) is 2.50. The first kappa shape index (κ1) is 19.7. The summed E-state index contributed by atoms with van der Waals surface area (Å²) in [6, 6.07) is 0. The minimum absolute atomic E-state index is 1.37. The van der Waals surface area contributed by atoms with Crippen molar-refractivity contribution in [1.29, 1.82) is 0 Å². The van der Waals surface area contributed by atoms with Gasteiger partial charge in [0.25, 0.3) is 0 Å². The van der Waals surface area contributed by atoms with Gasteiger partial charge in [0.05, 0.1) is 6.26 Å². The molecular weight excluding hydrogens is 285 g/mol. The van der Waals surface area contributed by atoms with Crippen LogP contribution >= 0.6 is 7.81 Å². The quantitative estimate of drug-likeness (QED) is 0.173. The molecule has 0 atom stereocenters. The fourth-order valence-electron chi connectivity index (χ4n) is 1.05. The van der Waals surface area contributed by atoms with Gasteiger partial charge in [-0.1, -0.05) is 32.6 Å². The van der Waals surface area contributed by atoms with Crippen LogP contribution in [0.15, 0.2) is 0 Å². The van der Waals surface area contributed by atoms with Crippen molar-refractivity contribution in [2.75, 3.05) is 12.0 Å². The Morgan fingerprint density at radius 2 is 1.12 bits per heavy atom. The first-order valence-corrected chi connectivity index (χ1v) is 9.04. The van der Waals surface area contributed by atoms with E-state index in [9.17, 15) is 25.2 Å². The summed E-state index contributed by atoms with van der Waals surface area (Å²) in [6.07, 6.45) is 10.9. The van der Waals surface area contributed by atoms with Gasteiger partial charge in [-0.05, 0) is 24.6 Å². The predicted octanol–water partition coefficient (Wildman–Crippen LogP) is 6.17. The maximum atomic E-state index is 9.87. The molecule has 0 amide bonds. The Morgan fingerprint density at radius 3 is 1.47 bits per heavy atom. The third kappa shape index (κ3) is 62.3. The zero-order valence-corrected chi connectivity index (χ0v) is 11.9. The van der Waals surface area contributed by atoms with E-state index >= 15 is 0 Å². The van der Waals surface area contributed by atoms with Crippen molar-refractivity contribution in [2.45, 2.75) is 45.4 Å². The molecule has 0 aliphatic rings. The van der Waals surface area contributed by atoms with Crippen LogP contribution in [0.1, 0.15) is 45.4 Å². The van der Waals surface area contributed by atoms with Gasteiger partial charge in [-0.3, -0.25) is 0 Å². The molecule has 0 aromatic heterocycles. The van der Waals surface area contributed by atoms with E-state index < -0.39 is 7.81 Å². The Labute approximate surface area is 103 Å². The van der Waals surface area contributed by atoms with Crippen LogP contribution in [-0.2, 0) is 11.8 Å². The number of hydrogen-bond acceptors (Lipinski definition) is 0. The van der Waals surface area contributed by atoms with E-state index in [4.69, 9.17) is 0 Å². The Bertz CT molecular complexity index is 167. The molecule has 0 fully saturated rings. The molecular formula is C9H21F6PS. The summed E-state index contributed by atoms with van der Waals surface area (Å²) in [5, 5.41) is 0. The normalized spacial score (nSPS) is 15.5. The molecule has 0 spiro atoms. The van der Waals surface area contributed by atoms with E-state index in [2.05, 4.69) is 13.2 Å². The summed E-state index contributed by atoms with van der Waals surface area (Å²) >= 11 is 1.57. The number of unbranched alkanes of at least 4 members (excludes halogenated alkanes) is 5. The Balaban J connectivity index is 0. The summed E-state index contributed by atoms with van der Waals surface area (Å²) < 4.78 is 59.2. The molecule has 0 aromatic rings. The summed E-state index contributed by atoms with van der Waals surface area (Å²) in [5.41, 5.74) is 0. The average molecular weight is 306 g/mol. The van der Waals surface area contributed by atoms with Crippen molar-refractivity contribution in [3.8, 4) is 0 Å². The van der Waals surface area contributed by atoms with Crippen LogP contribution in [0.2, 0.25) is 0 Å². The van der Waals surface area contributed by atoms with Gasteiger partial charge in [0.1, 0.15) is 5.75 Å². The van der Waals surface area contributed by atoms with Crippen molar-refractivity contribution < 1.29 is 25.2 Å². The van der Waals surface area contributed by atoms with Gasteiger partial charge in [0.2, 0.25) is 0 Å². The summed E-state index contributed by atoms with van der Waals surface area (Å²) in [5.74, 6) is 1.41. The molecule has 0 nitrogen and oxygen atoms in total. The molecule has 8 heteroatoms. The zero-order valence-electron chi connectivity index (χ0n) is 10.1.